The topological polar surface area (TPSA) is 59.6 Å². The van der Waals surface area contributed by atoms with Crippen molar-refractivity contribution in [2.75, 3.05) is 5.32 Å². The fourth-order valence-corrected chi connectivity index (χ4v) is 5.26. The third-order valence-electron chi connectivity index (χ3n) is 7.04. The molecular formula is C36H29ClN2O3. The Labute approximate surface area is 250 Å². The zero-order chi connectivity index (χ0) is 28.7. The van der Waals surface area contributed by atoms with Gasteiger partial charge in [0, 0.05) is 28.9 Å². The van der Waals surface area contributed by atoms with Crippen LogP contribution in [0.5, 0.6) is 11.5 Å². The molecule has 0 aromatic heterocycles. The van der Waals surface area contributed by atoms with E-state index in [9.17, 15) is 4.79 Å². The lowest BCUT2D eigenvalue weighted by atomic mass is 9.89. The van der Waals surface area contributed by atoms with Crippen molar-refractivity contribution in [1.82, 2.24) is 5.32 Å². The van der Waals surface area contributed by atoms with Crippen LogP contribution in [-0.4, -0.2) is 5.91 Å². The van der Waals surface area contributed by atoms with Crippen molar-refractivity contribution < 1.29 is 14.3 Å². The molecule has 0 bridgehead atoms. The van der Waals surface area contributed by atoms with Crippen LogP contribution in [0.3, 0.4) is 0 Å². The predicted molar refractivity (Wildman–Crippen MR) is 167 cm³/mol. The van der Waals surface area contributed by atoms with Gasteiger partial charge in [0.05, 0.1) is 10.7 Å². The third-order valence-corrected chi connectivity index (χ3v) is 7.44. The molecule has 1 amide bonds. The Morgan fingerprint density at radius 1 is 0.619 bits per heavy atom. The highest BCUT2D eigenvalue weighted by molar-refractivity contribution is 6.30. The van der Waals surface area contributed by atoms with Crippen molar-refractivity contribution in [3.05, 3.63) is 173 Å². The first-order chi connectivity index (χ1) is 20.7. The van der Waals surface area contributed by atoms with Crippen LogP contribution < -0.4 is 20.1 Å². The smallest absolute Gasteiger partial charge is 0.255 e. The van der Waals surface area contributed by atoms with Crippen LogP contribution in [0.4, 0.5) is 5.69 Å². The summed E-state index contributed by atoms with van der Waals surface area (Å²) in [7, 11) is 0. The average molecular weight is 573 g/mol. The van der Waals surface area contributed by atoms with Crippen LogP contribution in [0, 0.1) is 0 Å². The Balaban J connectivity index is 1.27. The van der Waals surface area contributed by atoms with Crippen molar-refractivity contribution >= 4 is 23.2 Å². The maximum atomic E-state index is 12.7. The van der Waals surface area contributed by atoms with Gasteiger partial charge in [-0.2, -0.15) is 0 Å². The van der Waals surface area contributed by atoms with Gasteiger partial charge in [-0.05, 0) is 54.1 Å². The number of rotatable bonds is 9. The summed E-state index contributed by atoms with van der Waals surface area (Å²) in [6.45, 7) is 0.473. The Morgan fingerprint density at radius 3 is 1.71 bits per heavy atom. The Morgan fingerprint density at radius 2 is 1.12 bits per heavy atom. The van der Waals surface area contributed by atoms with Crippen molar-refractivity contribution in [2.24, 2.45) is 0 Å². The summed E-state index contributed by atoms with van der Waals surface area (Å²) < 4.78 is 13.0. The highest BCUT2D eigenvalue weighted by Crippen LogP contribution is 2.45. The number of benzene rings is 5. The monoisotopic (exact) mass is 572 g/mol. The molecule has 5 aromatic rings. The molecule has 2 unspecified atom stereocenters. The number of anilines is 1. The SMILES string of the molecule is O=C(Nc1ccccc1)c1ccc(CNC2=C(Cl)C(Oc3ccccc3)c3ccccc3C2Oc2ccccc2)cc1. The largest absolute Gasteiger partial charge is 0.480 e. The van der Waals surface area contributed by atoms with E-state index in [2.05, 4.69) is 16.7 Å². The third kappa shape index (κ3) is 6.17. The second kappa shape index (κ2) is 12.7. The maximum absolute atomic E-state index is 12.7. The molecule has 1 aliphatic rings. The van der Waals surface area contributed by atoms with Crippen molar-refractivity contribution in [2.45, 2.75) is 18.8 Å². The van der Waals surface area contributed by atoms with E-state index in [0.717, 1.165) is 39.6 Å². The van der Waals surface area contributed by atoms with Gasteiger partial charge in [-0.15, -0.1) is 0 Å². The van der Waals surface area contributed by atoms with E-state index >= 15 is 0 Å². The number of para-hydroxylation sites is 3. The van der Waals surface area contributed by atoms with Crippen LogP contribution in [0.15, 0.2) is 150 Å². The molecule has 0 radical (unpaired) electrons. The standard InChI is InChI=1S/C36H29ClN2O3/c37-32-33(38-24-25-20-22-26(23-21-25)36(40)39-27-12-4-1-5-13-27)35(42-29-16-8-3-9-17-29)31-19-11-10-18-30(31)34(32)41-28-14-6-2-7-15-28/h1-23,34-35,38H,24H2,(H,39,40). The minimum absolute atomic E-state index is 0.160. The fraction of sp³-hybridized carbons (Fsp3) is 0.0833. The molecule has 1 aliphatic carbocycles. The van der Waals surface area contributed by atoms with Gasteiger partial charge in [-0.25, -0.2) is 0 Å². The molecule has 42 heavy (non-hydrogen) atoms. The number of carbonyl (C=O) groups is 1. The lowest BCUT2D eigenvalue weighted by molar-refractivity contribution is 0.102. The number of hydrogen-bond acceptors (Lipinski definition) is 4. The Hall–Kier alpha value is -5.00. The summed E-state index contributed by atoms with van der Waals surface area (Å²) in [5.41, 5.74) is 4.97. The van der Waals surface area contributed by atoms with Crippen molar-refractivity contribution in [1.29, 1.82) is 0 Å². The molecule has 0 aliphatic heterocycles. The van der Waals surface area contributed by atoms with Crippen LogP contribution in [0.2, 0.25) is 0 Å². The number of ether oxygens (including phenoxy) is 2. The fourth-order valence-electron chi connectivity index (χ4n) is 4.93. The molecule has 5 aromatic carbocycles. The number of hydrogen-bond donors (Lipinski definition) is 2. The van der Waals surface area contributed by atoms with Gasteiger partial charge in [0.25, 0.3) is 5.91 Å². The minimum atomic E-state index is -0.507. The highest BCUT2D eigenvalue weighted by Gasteiger charge is 2.36. The van der Waals surface area contributed by atoms with E-state index in [4.69, 9.17) is 21.1 Å². The number of fused-ring (bicyclic) bond motifs is 1. The molecule has 0 spiro atoms. The molecule has 6 rings (SSSR count). The summed E-state index contributed by atoms with van der Waals surface area (Å²) in [6.07, 6.45) is -0.977. The first-order valence-electron chi connectivity index (χ1n) is 13.8. The zero-order valence-corrected chi connectivity index (χ0v) is 23.5. The van der Waals surface area contributed by atoms with Crippen LogP contribution >= 0.6 is 11.6 Å². The lowest BCUT2D eigenvalue weighted by Gasteiger charge is -2.34. The summed E-state index contributed by atoms with van der Waals surface area (Å²) >= 11 is 7.16. The minimum Gasteiger partial charge on any atom is -0.480 e. The number of nitrogens with one attached hydrogen (secondary N) is 2. The van der Waals surface area contributed by atoms with E-state index in [-0.39, 0.29) is 5.91 Å². The van der Waals surface area contributed by atoms with E-state index in [0.29, 0.717) is 17.1 Å². The molecule has 0 saturated carbocycles. The summed E-state index contributed by atoms with van der Waals surface area (Å²) in [5, 5.41) is 6.99. The second-order valence-corrected chi connectivity index (χ2v) is 10.3. The molecule has 2 atom stereocenters. The summed E-state index contributed by atoms with van der Waals surface area (Å²) in [4.78, 5) is 12.7. The van der Waals surface area contributed by atoms with Gasteiger partial charge >= 0.3 is 0 Å². The quantitative estimate of drug-likeness (QED) is 0.186. The molecule has 0 heterocycles. The van der Waals surface area contributed by atoms with E-state index in [1.807, 2.05) is 133 Å². The normalized spacial score (nSPS) is 15.8. The molecule has 5 nitrogen and oxygen atoms in total. The molecule has 208 valence electrons. The molecular weight excluding hydrogens is 544 g/mol. The van der Waals surface area contributed by atoms with Gasteiger partial charge in [-0.3, -0.25) is 4.79 Å². The zero-order valence-electron chi connectivity index (χ0n) is 22.7. The Kier molecular flexibility index (Phi) is 8.20. The van der Waals surface area contributed by atoms with Crippen LogP contribution in [0.25, 0.3) is 0 Å². The van der Waals surface area contributed by atoms with Gasteiger partial charge in [0.15, 0.2) is 12.2 Å². The van der Waals surface area contributed by atoms with Crippen LogP contribution in [0.1, 0.15) is 39.3 Å². The molecule has 2 N–H and O–H groups in total. The van der Waals surface area contributed by atoms with E-state index < -0.39 is 12.2 Å². The van der Waals surface area contributed by atoms with Gasteiger partial charge < -0.3 is 20.1 Å². The number of amides is 1. The first-order valence-corrected chi connectivity index (χ1v) is 14.1. The first kappa shape index (κ1) is 27.2. The van der Waals surface area contributed by atoms with E-state index in [1.54, 1.807) is 0 Å². The van der Waals surface area contributed by atoms with Crippen LogP contribution in [-0.2, 0) is 6.54 Å². The number of carbonyl (C=O) groups excluding carboxylic acids is 1. The van der Waals surface area contributed by atoms with Gasteiger partial charge in [0.1, 0.15) is 11.5 Å². The van der Waals surface area contributed by atoms with Crippen molar-refractivity contribution in [3.63, 3.8) is 0 Å². The van der Waals surface area contributed by atoms with Gasteiger partial charge in [-0.1, -0.05) is 103 Å². The highest BCUT2D eigenvalue weighted by atomic mass is 35.5. The Bertz CT molecular complexity index is 1670. The molecule has 0 saturated heterocycles. The summed E-state index contributed by atoms with van der Waals surface area (Å²) in [6, 6.07) is 44.3. The molecule has 6 heteroatoms. The lowest BCUT2D eigenvalue weighted by Crippen LogP contribution is -2.31. The van der Waals surface area contributed by atoms with Gasteiger partial charge in [0.2, 0.25) is 0 Å². The summed E-state index contributed by atoms with van der Waals surface area (Å²) in [5.74, 6) is 1.30. The second-order valence-electron chi connectivity index (χ2n) is 9.88. The molecule has 0 fully saturated rings. The number of halogens is 1. The van der Waals surface area contributed by atoms with Crippen molar-refractivity contribution in [3.8, 4) is 11.5 Å². The van der Waals surface area contributed by atoms with E-state index in [1.165, 1.54) is 0 Å². The predicted octanol–water partition coefficient (Wildman–Crippen LogP) is 8.43. The average Bonchev–Trinajstić information content (AvgIpc) is 3.04. The maximum Gasteiger partial charge on any atom is 0.255 e.